The molecule has 0 aromatic heterocycles. The van der Waals surface area contributed by atoms with E-state index in [1.807, 2.05) is 0 Å². The second-order valence-corrected chi connectivity index (χ2v) is 72.2. The SMILES string of the molecule is [CH3][Zr]([CH3])(=[SiH2])([Cl])([CH2]c1ccccc1)([CH]1C=Cc2ccccc21)[CH]1C=Cc2ccccc21. The van der Waals surface area contributed by atoms with Crippen LogP contribution in [0, 0.1) is 0 Å². The molecule has 0 spiro atoms. The third-order valence-electron chi connectivity index (χ3n) is 8.11. The van der Waals surface area contributed by atoms with E-state index in [0.717, 1.165) is 4.13 Å². The average Bonchev–Trinajstić information content (AvgIpc) is 3.34. The van der Waals surface area contributed by atoms with Gasteiger partial charge in [0.15, 0.2) is 0 Å². The molecule has 0 bridgehead atoms. The summed E-state index contributed by atoms with van der Waals surface area (Å²) >= 11 is -5.18. The van der Waals surface area contributed by atoms with E-state index in [4.69, 9.17) is 8.51 Å². The van der Waals surface area contributed by atoms with E-state index in [9.17, 15) is 0 Å². The summed E-state index contributed by atoms with van der Waals surface area (Å²) in [4.78, 5) is 0. The van der Waals surface area contributed by atoms with Crippen LogP contribution in [0.1, 0.15) is 35.1 Å². The molecule has 0 saturated carbocycles. The quantitative estimate of drug-likeness (QED) is 0.325. The number of benzene rings is 3. The minimum absolute atomic E-state index is 0.221. The monoisotopic (exact) mass is 506 g/mol. The Morgan fingerprint density at radius 3 is 1.63 bits per heavy atom. The van der Waals surface area contributed by atoms with Crippen molar-refractivity contribution in [1.82, 2.24) is 0 Å². The fourth-order valence-electron chi connectivity index (χ4n) is 6.57. The van der Waals surface area contributed by atoms with Gasteiger partial charge in [-0.25, -0.2) is 0 Å². The predicted octanol–water partition coefficient (Wildman–Crippen LogP) is 7.28. The molecule has 2 aliphatic carbocycles. The molecule has 30 heavy (non-hydrogen) atoms. The van der Waals surface area contributed by atoms with Crippen LogP contribution in [0.15, 0.2) is 91.0 Å². The molecule has 0 heterocycles. The number of hydrogen-bond acceptors (Lipinski definition) is 0. The maximum absolute atomic E-state index is 8.61. The van der Waals surface area contributed by atoms with Gasteiger partial charge in [-0.2, -0.15) is 0 Å². The molecular weight excluding hydrogens is 479 g/mol. The van der Waals surface area contributed by atoms with Crippen LogP contribution in [-0.2, 0) is 17.4 Å². The van der Waals surface area contributed by atoms with Gasteiger partial charge in [-0.15, -0.1) is 0 Å². The first kappa shape index (κ1) is 20.4. The van der Waals surface area contributed by atoms with Crippen molar-refractivity contribution in [2.24, 2.45) is 0 Å². The maximum atomic E-state index is 8.61. The molecule has 0 saturated heterocycles. The third kappa shape index (κ3) is 2.80. The van der Waals surface area contributed by atoms with Crippen molar-refractivity contribution in [2.75, 3.05) is 0 Å². The summed E-state index contributed by atoms with van der Waals surface area (Å²) in [5, 5.41) is 0. The first-order valence-electron chi connectivity index (χ1n) is 10.9. The summed E-state index contributed by atoms with van der Waals surface area (Å²) in [6, 6.07) is 28.5. The normalized spacial score (nSPS) is 23.1. The molecule has 2 aliphatic rings. The van der Waals surface area contributed by atoms with Gasteiger partial charge in [0.2, 0.25) is 0 Å². The molecule has 0 nitrogen and oxygen atoms in total. The minimum atomic E-state index is -5.18. The van der Waals surface area contributed by atoms with Crippen LogP contribution < -0.4 is 0 Å². The van der Waals surface area contributed by atoms with E-state index >= 15 is 0 Å². The summed E-state index contributed by atoms with van der Waals surface area (Å²) in [7, 11) is 8.61. The molecule has 5 rings (SSSR count). The fourth-order valence-corrected chi connectivity index (χ4v) is 35.1. The van der Waals surface area contributed by atoms with Gasteiger partial charge in [-0.1, -0.05) is 0 Å². The van der Waals surface area contributed by atoms with Crippen LogP contribution in [0.5, 0.6) is 0 Å². The van der Waals surface area contributed by atoms with Gasteiger partial charge < -0.3 is 0 Å². The van der Waals surface area contributed by atoms with Crippen molar-refractivity contribution in [3.63, 3.8) is 0 Å². The number of allylic oxidation sites excluding steroid dienone is 2. The van der Waals surface area contributed by atoms with Crippen LogP contribution in [0.2, 0.25) is 9.26 Å². The van der Waals surface area contributed by atoms with Crippen molar-refractivity contribution in [1.29, 1.82) is 0 Å². The van der Waals surface area contributed by atoms with Crippen molar-refractivity contribution in [3.05, 3.63) is 119 Å². The zero-order chi connectivity index (χ0) is 21.1. The van der Waals surface area contributed by atoms with E-state index in [-0.39, 0.29) is 7.25 Å². The van der Waals surface area contributed by atoms with Gasteiger partial charge in [0.1, 0.15) is 0 Å². The van der Waals surface area contributed by atoms with Crippen LogP contribution in [0.3, 0.4) is 0 Å². The Morgan fingerprint density at radius 2 is 1.13 bits per heavy atom. The van der Waals surface area contributed by atoms with Crippen molar-refractivity contribution in [2.45, 2.75) is 20.6 Å². The molecule has 3 heteroatoms. The molecule has 0 radical (unpaired) electrons. The number of rotatable bonds is 4. The molecule has 152 valence electrons. The first-order chi connectivity index (χ1) is 14.0. The zero-order valence-electron chi connectivity index (χ0n) is 17.8. The Morgan fingerprint density at radius 1 is 0.700 bits per heavy atom. The molecule has 2 atom stereocenters. The fraction of sp³-hybridized carbons (Fsp3) is 0.185. The second-order valence-electron chi connectivity index (χ2n) is 11.8. The van der Waals surface area contributed by atoms with E-state index < -0.39 is 13.2 Å². The third-order valence-corrected chi connectivity index (χ3v) is 38.9. The summed E-state index contributed by atoms with van der Waals surface area (Å²) in [5.41, 5.74) is 6.75. The van der Waals surface area contributed by atoms with Crippen LogP contribution in [0.4, 0.5) is 0 Å². The Balaban J connectivity index is 1.86. The molecule has 2 unspecified atom stereocenters. The molecule has 0 amide bonds. The van der Waals surface area contributed by atoms with Gasteiger partial charge in [-0.3, -0.25) is 0 Å². The van der Waals surface area contributed by atoms with Crippen molar-refractivity contribution in [3.8, 4) is 0 Å². The first-order valence-corrected chi connectivity index (χ1v) is 29.5. The van der Waals surface area contributed by atoms with Gasteiger partial charge >= 0.3 is 180 Å². The Labute approximate surface area is 179 Å². The molecule has 0 N–H and O–H groups in total. The van der Waals surface area contributed by atoms with E-state index in [1.165, 1.54) is 27.8 Å². The van der Waals surface area contributed by atoms with Crippen LogP contribution in [-0.4, -0.2) is 6.88 Å². The summed E-state index contributed by atoms with van der Waals surface area (Å²) in [6.07, 6.45) is 9.44. The average molecular weight is 508 g/mol. The molecule has 0 fully saturated rings. The molecule has 3 aromatic rings. The zero-order valence-corrected chi connectivity index (χ0v) is 22.4. The standard InChI is InChI=1S/2C9H7.C7H7.2CH3.ClH.H2Si.Zr/c2*1-2-5-9-7-3-6-8(9)4-1;1-7-5-3-2-4-6-7;;;;;/h2*1-7H;2-6H,1H2;2*1H3;1H;1H2;/q;;;;;;;+1/p-1. The summed E-state index contributed by atoms with van der Waals surface area (Å²) in [5.74, 6) is 0. The van der Waals surface area contributed by atoms with Gasteiger partial charge in [-0.05, 0) is 0 Å². The van der Waals surface area contributed by atoms with Gasteiger partial charge in [0, 0.05) is 0 Å². The van der Waals surface area contributed by atoms with E-state index in [2.05, 4.69) is 119 Å². The second kappa shape index (κ2) is 5.66. The van der Waals surface area contributed by atoms with Gasteiger partial charge in [0.25, 0.3) is 0 Å². The Bertz CT molecular complexity index is 1280. The van der Waals surface area contributed by atoms with Gasteiger partial charge in [0.05, 0.1) is 0 Å². The van der Waals surface area contributed by atoms with Crippen LogP contribution in [0.25, 0.3) is 12.2 Å². The predicted molar refractivity (Wildman–Crippen MR) is 133 cm³/mol. The number of fused-ring (bicyclic) bond motifs is 2. The van der Waals surface area contributed by atoms with E-state index in [1.54, 1.807) is 0 Å². The van der Waals surface area contributed by atoms with E-state index in [0.29, 0.717) is 0 Å². The summed E-state index contributed by atoms with van der Waals surface area (Å²) < 4.78 is 6.39. The Kier molecular flexibility index (Phi) is 3.85. The number of hydrogen-bond donors (Lipinski definition) is 0. The van der Waals surface area contributed by atoms with Crippen LogP contribution >= 0.6 is 8.51 Å². The summed E-state index contributed by atoms with van der Waals surface area (Å²) in [6.45, 7) is 2.19. The molecule has 0 aliphatic heterocycles. The topological polar surface area (TPSA) is 0 Å². The van der Waals surface area contributed by atoms with Crippen molar-refractivity contribution < 1.29 is 13.2 Å². The molecule has 3 aromatic carbocycles. The number of halogens is 1. The molecular formula is C27H29ClSiZr. The Hall–Kier alpha value is -1.47. The van der Waals surface area contributed by atoms with Crippen molar-refractivity contribution >= 4 is 27.5 Å².